The Morgan fingerprint density at radius 2 is 1.82 bits per heavy atom. The maximum absolute atomic E-state index is 13.1. The molecule has 0 spiro atoms. The van der Waals surface area contributed by atoms with Crippen LogP contribution in [0.2, 0.25) is 0 Å². The first-order chi connectivity index (χ1) is 13.5. The van der Waals surface area contributed by atoms with E-state index in [4.69, 9.17) is 4.98 Å². The first-order valence-electron chi connectivity index (χ1n) is 9.94. The van der Waals surface area contributed by atoms with Crippen LogP contribution in [0.5, 0.6) is 0 Å². The zero-order chi connectivity index (χ0) is 20.7. The van der Waals surface area contributed by atoms with Crippen LogP contribution in [-0.4, -0.2) is 16.9 Å². The number of nitrogens with zero attached hydrogens (tertiary/aromatic N) is 2. The summed E-state index contributed by atoms with van der Waals surface area (Å²) in [4.78, 5) is 18.0. The number of rotatable bonds is 7. The molecule has 1 aliphatic heterocycles. The topological polar surface area (TPSA) is 45.9 Å². The Bertz CT molecular complexity index is 885. The molecule has 1 aliphatic rings. The van der Waals surface area contributed by atoms with Crippen molar-refractivity contribution in [2.75, 3.05) is 5.32 Å². The lowest BCUT2D eigenvalue weighted by Gasteiger charge is -2.08. The van der Waals surface area contributed by atoms with Crippen molar-refractivity contribution in [2.45, 2.75) is 60.4 Å². The molecule has 148 valence electrons. The summed E-state index contributed by atoms with van der Waals surface area (Å²) >= 11 is 0. The second-order valence-electron chi connectivity index (χ2n) is 6.95. The van der Waals surface area contributed by atoms with Crippen LogP contribution in [-0.2, 0) is 6.42 Å². The highest BCUT2D eigenvalue weighted by Crippen LogP contribution is 2.24. The normalized spacial score (nSPS) is 18.3. The number of fused-ring (bicyclic) bond motifs is 1. The van der Waals surface area contributed by atoms with E-state index < -0.39 is 0 Å². The first kappa shape index (κ1) is 21.5. The molecule has 1 aromatic rings. The molecular formula is C24H32N3O+. The van der Waals surface area contributed by atoms with E-state index in [2.05, 4.69) is 30.5 Å². The summed E-state index contributed by atoms with van der Waals surface area (Å²) in [5.41, 5.74) is 5.08. The summed E-state index contributed by atoms with van der Waals surface area (Å²) in [5, 5.41) is 3.43. The van der Waals surface area contributed by atoms with Gasteiger partial charge < -0.3 is 0 Å². The molecule has 1 aromatic heterocycles. The molecule has 2 heterocycles. The lowest BCUT2D eigenvalue weighted by molar-refractivity contribution is -0.553. The molecule has 1 N–H and O–H groups in total. The minimum atomic E-state index is -0.251. The van der Waals surface area contributed by atoms with Crippen molar-refractivity contribution in [3.8, 4) is 0 Å². The molecule has 0 saturated heterocycles. The van der Waals surface area contributed by atoms with Crippen molar-refractivity contribution in [3.63, 3.8) is 0 Å². The number of hydrogen-bond acceptors (Lipinski definition) is 3. The average Bonchev–Trinajstić information content (AvgIpc) is 3.01. The van der Waals surface area contributed by atoms with Crippen molar-refractivity contribution in [1.82, 2.24) is 4.98 Å². The molecular weight excluding hydrogens is 346 g/mol. The monoisotopic (exact) mass is 378 g/mol. The Morgan fingerprint density at radius 1 is 1.11 bits per heavy atom. The number of anilines is 1. The minimum Gasteiger partial charge on any atom is -0.258 e. The molecule has 0 bridgehead atoms. The molecule has 0 saturated carbocycles. The van der Waals surface area contributed by atoms with Gasteiger partial charge in [-0.2, -0.15) is 4.57 Å². The molecule has 1 unspecified atom stereocenters. The van der Waals surface area contributed by atoms with Crippen LogP contribution in [0.4, 0.5) is 5.82 Å². The molecule has 2 rings (SSSR count). The van der Waals surface area contributed by atoms with E-state index in [0.29, 0.717) is 12.8 Å². The smallest absolute Gasteiger partial charge is 0.258 e. The third-order valence-electron chi connectivity index (χ3n) is 4.96. The quantitative estimate of drug-likeness (QED) is 0.403. The van der Waals surface area contributed by atoms with Crippen LogP contribution < -0.4 is 9.88 Å². The van der Waals surface area contributed by atoms with Crippen molar-refractivity contribution < 1.29 is 9.36 Å². The van der Waals surface area contributed by atoms with E-state index in [1.807, 2.05) is 65.1 Å². The second kappa shape index (κ2) is 9.98. The lowest BCUT2D eigenvalue weighted by Crippen LogP contribution is -2.43. The Hall–Kier alpha value is -2.75. The number of nitrogens with one attached hydrogen (secondary N) is 1. The number of allylic oxidation sites excluding steroid dienone is 9. The third-order valence-corrected chi connectivity index (χ3v) is 4.96. The Kier molecular flexibility index (Phi) is 7.68. The zero-order valence-corrected chi connectivity index (χ0v) is 17.9. The highest BCUT2D eigenvalue weighted by molar-refractivity contribution is 5.83. The van der Waals surface area contributed by atoms with Crippen LogP contribution in [0.15, 0.2) is 59.9 Å². The van der Waals surface area contributed by atoms with Gasteiger partial charge in [0.2, 0.25) is 0 Å². The Labute approximate surface area is 169 Å². The Balaban J connectivity index is 2.57. The van der Waals surface area contributed by atoms with Crippen LogP contribution in [0.25, 0.3) is 5.57 Å². The standard InChI is InChI=1S/C24H31N3O/c1-7-12-18(10-4)15-20-23-26-21(14-17(6)9-3)24(28)27(23)16-22(25-20)19(11-5)13-8-2/h7-13,16,21H,14-15H2,1-6H3/p+1/b12-7-,13-8-,17-9+,18-10+,19-11+. The summed E-state index contributed by atoms with van der Waals surface area (Å²) < 4.78 is 1.75. The molecule has 4 nitrogen and oxygen atoms in total. The van der Waals surface area contributed by atoms with E-state index in [0.717, 1.165) is 22.8 Å². The van der Waals surface area contributed by atoms with E-state index in [-0.39, 0.29) is 11.9 Å². The number of hydrogen-bond donors (Lipinski definition) is 1. The molecule has 4 heteroatoms. The number of carbonyl (C=O) groups excluding carboxylic acids is 1. The first-order valence-corrected chi connectivity index (χ1v) is 9.94. The van der Waals surface area contributed by atoms with E-state index >= 15 is 0 Å². The SMILES string of the molecule is C/C=C\C(=C/C)Cc1nc(C(/C=C\C)=C/C)c[n+]2c1NC(C/C(C)=C/C)C2=O. The van der Waals surface area contributed by atoms with Gasteiger partial charge in [0.05, 0.1) is 0 Å². The van der Waals surface area contributed by atoms with Gasteiger partial charge in [-0.1, -0.05) is 48.1 Å². The summed E-state index contributed by atoms with van der Waals surface area (Å²) in [5.74, 6) is 0.882. The van der Waals surface area contributed by atoms with Crippen molar-refractivity contribution in [3.05, 3.63) is 71.3 Å². The van der Waals surface area contributed by atoms with Crippen LogP contribution in [0, 0.1) is 0 Å². The third kappa shape index (κ3) is 4.75. The van der Waals surface area contributed by atoms with Crippen LogP contribution >= 0.6 is 0 Å². The molecule has 0 aliphatic carbocycles. The lowest BCUT2D eigenvalue weighted by atomic mass is 10.1. The maximum Gasteiger partial charge on any atom is 0.359 e. The van der Waals surface area contributed by atoms with E-state index in [9.17, 15) is 4.79 Å². The van der Waals surface area contributed by atoms with Gasteiger partial charge in [0, 0.05) is 12.8 Å². The van der Waals surface area contributed by atoms with Crippen molar-refractivity contribution in [1.29, 1.82) is 0 Å². The van der Waals surface area contributed by atoms with Gasteiger partial charge in [-0.05, 0) is 52.7 Å². The maximum atomic E-state index is 13.1. The van der Waals surface area contributed by atoms with E-state index in [1.165, 1.54) is 11.1 Å². The van der Waals surface area contributed by atoms with Crippen molar-refractivity contribution in [2.24, 2.45) is 0 Å². The van der Waals surface area contributed by atoms with Gasteiger partial charge in [0.1, 0.15) is 17.6 Å². The van der Waals surface area contributed by atoms with Gasteiger partial charge in [-0.25, -0.2) is 9.78 Å². The van der Waals surface area contributed by atoms with Gasteiger partial charge in [0.25, 0.3) is 0 Å². The van der Waals surface area contributed by atoms with Crippen LogP contribution in [0.3, 0.4) is 0 Å². The van der Waals surface area contributed by atoms with Gasteiger partial charge >= 0.3 is 11.7 Å². The molecule has 0 amide bonds. The second-order valence-corrected chi connectivity index (χ2v) is 6.95. The fourth-order valence-electron chi connectivity index (χ4n) is 3.29. The predicted octanol–water partition coefficient (Wildman–Crippen LogP) is 5.20. The number of aromatic nitrogens is 2. The molecule has 0 radical (unpaired) electrons. The molecule has 0 aromatic carbocycles. The van der Waals surface area contributed by atoms with Gasteiger partial charge in [-0.15, -0.1) is 0 Å². The Morgan fingerprint density at radius 3 is 2.39 bits per heavy atom. The summed E-state index contributed by atoms with van der Waals surface area (Å²) in [6.45, 7) is 12.1. The highest BCUT2D eigenvalue weighted by atomic mass is 16.2. The van der Waals surface area contributed by atoms with Gasteiger partial charge in [-0.3, -0.25) is 5.32 Å². The zero-order valence-electron chi connectivity index (χ0n) is 17.9. The molecule has 28 heavy (non-hydrogen) atoms. The predicted molar refractivity (Wildman–Crippen MR) is 117 cm³/mol. The minimum absolute atomic E-state index is 0.0742. The fourth-order valence-corrected chi connectivity index (χ4v) is 3.29. The van der Waals surface area contributed by atoms with Gasteiger partial charge in [0.15, 0.2) is 6.04 Å². The largest absolute Gasteiger partial charge is 0.359 e. The van der Waals surface area contributed by atoms with Crippen molar-refractivity contribution >= 4 is 17.3 Å². The van der Waals surface area contributed by atoms with E-state index in [1.54, 1.807) is 4.57 Å². The highest BCUT2D eigenvalue weighted by Gasteiger charge is 2.40. The average molecular weight is 379 g/mol. The summed E-state index contributed by atoms with van der Waals surface area (Å²) in [6, 6.07) is -0.251. The molecule has 0 fully saturated rings. The summed E-state index contributed by atoms with van der Waals surface area (Å²) in [7, 11) is 0. The number of carbonyl (C=O) groups is 1. The fraction of sp³-hybridized carbons (Fsp3) is 0.375. The van der Waals surface area contributed by atoms with Crippen LogP contribution in [0.1, 0.15) is 64.1 Å². The molecule has 1 atom stereocenters. The summed E-state index contributed by atoms with van der Waals surface area (Å²) in [6.07, 6.45) is 17.5.